The highest BCUT2D eigenvalue weighted by Crippen LogP contribution is 2.18. The van der Waals surface area contributed by atoms with Crippen LogP contribution in [0.5, 0.6) is 0 Å². The lowest BCUT2D eigenvalue weighted by Crippen LogP contribution is -2.68. The molecule has 2 unspecified atom stereocenters. The van der Waals surface area contributed by atoms with Crippen molar-refractivity contribution in [2.24, 2.45) is 0 Å². The van der Waals surface area contributed by atoms with Crippen LogP contribution in [-0.2, 0) is 9.59 Å². The van der Waals surface area contributed by atoms with Crippen LogP contribution in [0.3, 0.4) is 0 Å². The standard InChI is InChI=1S/C21H44N5O3/c1-17(2)20(29)23-12-11-14-25(7,8)16-19(28)22-13-15-26(9,10)21(18(3)27)24(4,5)6/h18,21,27H,1,11-16H2,2-10H3/q+1/p+2. The van der Waals surface area contributed by atoms with Crippen molar-refractivity contribution in [3.05, 3.63) is 12.2 Å². The maximum atomic E-state index is 12.4. The lowest BCUT2D eigenvalue weighted by molar-refractivity contribution is -1.10. The number of nitrogens with zero attached hydrogens (tertiary/aromatic N) is 3. The molecule has 0 bridgehead atoms. The zero-order valence-corrected chi connectivity index (χ0v) is 20.2. The fraction of sp³-hybridized carbons (Fsp3) is 0.810. The third-order valence-corrected chi connectivity index (χ3v) is 5.14. The number of hydrogen-bond donors (Lipinski definition) is 3. The van der Waals surface area contributed by atoms with Gasteiger partial charge in [-0.25, -0.2) is 0 Å². The maximum absolute atomic E-state index is 12.4. The van der Waals surface area contributed by atoms with E-state index in [0.29, 0.717) is 38.7 Å². The summed E-state index contributed by atoms with van der Waals surface area (Å²) in [6.45, 7) is 10.2. The minimum atomic E-state index is -0.457. The van der Waals surface area contributed by atoms with Crippen LogP contribution in [0.25, 0.3) is 0 Å². The molecule has 0 aromatic heterocycles. The van der Waals surface area contributed by atoms with Gasteiger partial charge in [-0.3, -0.25) is 18.6 Å². The number of carbonyl (C=O) groups excluding carboxylic acids is 2. The van der Waals surface area contributed by atoms with Gasteiger partial charge in [0.25, 0.3) is 5.91 Å². The van der Waals surface area contributed by atoms with E-state index in [1.807, 2.05) is 21.0 Å². The van der Waals surface area contributed by atoms with Crippen molar-refractivity contribution in [3.8, 4) is 0 Å². The average Bonchev–Trinajstić information content (AvgIpc) is 2.47. The van der Waals surface area contributed by atoms with Crippen LogP contribution in [0.4, 0.5) is 0 Å². The Morgan fingerprint density at radius 1 is 0.966 bits per heavy atom. The van der Waals surface area contributed by atoms with Gasteiger partial charge in [-0.2, -0.15) is 0 Å². The highest BCUT2D eigenvalue weighted by molar-refractivity contribution is 5.91. The van der Waals surface area contributed by atoms with Crippen LogP contribution < -0.4 is 10.6 Å². The summed E-state index contributed by atoms with van der Waals surface area (Å²) in [6, 6.07) is 0. The largest absolute Gasteiger partial charge is 0.381 e. The fourth-order valence-corrected chi connectivity index (χ4v) is 4.17. The van der Waals surface area contributed by atoms with Gasteiger partial charge in [0.05, 0.1) is 62.4 Å². The molecule has 0 aromatic rings. The smallest absolute Gasteiger partial charge is 0.275 e. The van der Waals surface area contributed by atoms with E-state index in [9.17, 15) is 14.7 Å². The zero-order valence-electron chi connectivity index (χ0n) is 20.2. The van der Waals surface area contributed by atoms with Gasteiger partial charge in [-0.1, -0.05) is 6.58 Å². The third kappa shape index (κ3) is 10.7. The molecular formula is C21H46N5O3+3. The molecule has 0 saturated carbocycles. The number of hydrogen-bond acceptors (Lipinski definition) is 3. The van der Waals surface area contributed by atoms with E-state index in [4.69, 9.17) is 0 Å². The molecular weight excluding hydrogens is 370 g/mol. The second-order valence-electron chi connectivity index (χ2n) is 10.3. The Bertz CT molecular complexity index is 565. The molecule has 2 atom stereocenters. The van der Waals surface area contributed by atoms with Crippen molar-refractivity contribution >= 4 is 11.8 Å². The average molecular weight is 417 g/mol. The Balaban J connectivity index is 4.46. The minimum absolute atomic E-state index is 0.00790. The van der Waals surface area contributed by atoms with E-state index in [1.165, 1.54) is 0 Å². The molecule has 0 aromatic carbocycles. The summed E-state index contributed by atoms with van der Waals surface area (Å²) in [6.07, 6.45) is 0.346. The summed E-state index contributed by atoms with van der Waals surface area (Å²) in [5, 5.41) is 16.1. The number of amides is 2. The first-order chi connectivity index (χ1) is 13.0. The number of likely N-dealkylation sites (N-methyl/N-ethyl adjacent to an activating group) is 3. The van der Waals surface area contributed by atoms with Crippen LogP contribution in [0.2, 0.25) is 0 Å². The summed E-state index contributed by atoms with van der Waals surface area (Å²) >= 11 is 0. The number of nitrogens with one attached hydrogen (secondary N) is 2. The summed E-state index contributed by atoms with van der Waals surface area (Å²) in [7, 11) is 14.4. The predicted octanol–water partition coefficient (Wildman–Crippen LogP) is -0.249. The van der Waals surface area contributed by atoms with Crippen LogP contribution in [0, 0.1) is 0 Å². The van der Waals surface area contributed by atoms with Gasteiger partial charge in [-0.05, 0) is 13.8 Å². The Labute approximate surface area is 177 Å². The van der Waals surface area contributed by atoms with Crippen molar-refractivity contribution in [1.29, 1.82) is 0 Å². The molecule has 0 saturated heterocycles. The molecule has 29 heavy (non-hydrogen) atoms. The molecule has 0 aliphatic rings. The molecule has 3 N–H and O–H groups in total. The monoisotopic (exact) mass is 416 g/mol. The van der Waals surface area contributed by atoms with E-state index >= 15 is 0 Å². The van der Waals surface area contributed by atoms with Crippen LogP contribution in [0.1, 0.15) is 20.3 Å². The van der Waals surface area contributed by atoms with Crippen LogP contribution in [0.15, 0.2) is 12.2 Å². The second kappa shape index (κ2) is 11.1. The van der Waals surface area contributed by atoms with Gasteiger partial charge in [0.1, 0.15) is 6.54 Å². The normalized spacial score (nSPS) is 14.8. The van der Waals surface area contributed by atoms with Gasteiger partial charge in [-0.15, -0.1) is 0 Å². The van der Waals surface area contributed by atoms with Crippen molar-refractivity contribution in [1.82, 2.24) is 10.6 Å². The number of carbonyl (C=O) groups is 2. The predicted molar refractivity (Wildman–Crippen MR) is 118 cm³/mol. The summed E-state index contributed by atoms with van der Waals surface area (Å²) in [4.78, 5) is 23.9. The summed E-state index contributed by atoms with van der Waals surface area (Å²) < 4.78 is 1.81. The number of quaternary nitrogens is 3. The SMILES string of the molecule is C=C(C)C(=O)NCCC[N+](C)(C)CC(=O)NCC[N+](C)(C)C(C(C)O)[N+](C)(C)C. The topological polar surface area (TPSA) is 78.4 Å². The van der Waals surface area contributed by atoms with Gasteiger partial charge in [0, 0.05) is 18.5 Å². The summed E-state index contributed by atoms with van der Waals surface area (Å²) in [5.74, 6) is -0.113. The molecule has 0 aliphatic heterocycles. The Morgan fingerprint density at radius 2 is 1.52 bits per heavy atom. The van der Waals surface area contributed by atoms with E-state index in [-0.39, 0.29) is 18.0 Å². The molecule has 0 rings (SSSR count). The quantitative estimate of drug-likeness (QED) is 0.168. The summed E-state index contributed by atoms with van der Waals surface area (Å²) in [5.41, 5.74) is 0.502. The van der Waals surface area contributed by atoms with Gasteiger partial charge < -0.3 is 20.2 Å². The lowest BCUT2D eigenvalue weighted by atomic mass is 10.2. The second-order valence-corrected chi connectivity index (χ2v) is 10.3. The molecule has 0 heterocycles. The van der Waals surface area contributed by atoms with Gasteiger partial charge in [0.15, 0.2) is 12.6 Å². The van der Waals surface area contributed by atoms with Crippen molar-refractivity contribution < 1.29 is 28.1 Å². The van der Waals surface area contributed by atoms with Crippen LogP contribution >= 0.6 is 0 Å². The highest BCUT2D eigenvalue weighted by Gasteiger charge is 2.42. The first-order valence-electron chi connectivity index (χ1n) is 10.3. The van der Waals surface area contributed by atoms with E-state index in [1.54, 1.807) is 6.92 Å². The number of aliphatic hydroxyl groups is 1. The third-order valence-electron chi connectivity index (χ3n) is 5.14. The lowest BCUT2D eigenvalue weighted by Gasteiger charge is -2.46. The van der Waals surface area contributed by atoms with E-state index in [2.05, 4.69) is 52.5 Å². The number of rotatable bonds is 13. The Kier molecular flexibility index (Phi) is 10.5. The number of aliphatic hydroxyl groups excluding tert-OH is 1. The molecule has 0 fully saturated rings. The zero-order chi connectivity index (χ0) is 23.0. The fourth-order valence-electron chi connectivity index (χ4n) is 4.17. The molecule has 0 spiro atoms. The molecule has 0 radical (unpaired) electrons. The molecule has 170 valence electrons. The first-order valence-corrected chi connectivity index (χ1v) is 10.3. The molecule has 2 amide bonds. The molecule has 0 aliphatic carbocycles. The maximum Gasteiger partial charge on any atom is 0.275 e. The Morgan fingerprint density at radius 3 is 1.97 bits per heavy atom. The van der Waals surface area contributed by atoms with Crippen molar-refractivity contribution in [2.75, 3.05) is 82.1 Å². The Hall–Kier alpha value is -1.48. The highest BCUT2D eigenvalue weighted by atomic mass is 16.3. The van der Waals surface area contributed by atoms with Crippen LogP contribution in [-0.4, -0.2) is 125 Å². The molecule has 8 heteroatoms. The van der Waals surface area contributed by atoms with E-state index in [0.717, 1.165) is 19.5 Å². The minimum Gasteiger partial charge on any atom is -0.381 e. The van der Waals surface area contributed by atoms with Gasteiger partial charge in [0.2, 0.25) is 12.1 Å². The molecule has 8 nitrogen and oxygen atoms in total. The first kappa shape index (κ1) is 27.5. The van der Waals surface area contributed by atoms with E-state index < -0.39 is 6.10 Å². The van der Waals surface area contributed by atoms with Gasteiger partial charge >= 0.3 is 0 Å². The van der Waals surface area contributed by atoms with Crippen molar-refractivity contribution in [3.63, 3.8) is 0 Å². The van der Waals surface area contributed by atoms with Crippen molar-refractivity contribution in [2.45, 2.75) is 32.5 Å².